The summed E-state index contributed by atoms with van der Waals surface area (Å²) in [6, 6.07) is 16.9. The third-order valence-corrected chi connectivity index (χ3v) is 8.33. The van der Waals surface area contributed by atoms with Gasteiger partial charge >= 0.3 is 0 Å². The van der Waals surface area contributed by atoms with E-state index in [1.165, 1.54) is 0 Å². The summed E-state index contributed by atoms with van der Waals surface area (Å²) in [7, 11) is -1.53. The van der Waals surface area contributed by atoms with Gasteiger partial charge in [0.2, 0.25) is 0 Å². The summed E-state index contributed by atoms with van der Waals surface area (Å²) in [6.07, 6.45) is 0.471. The van der Waals surface area contributed by atoms with Crippen molar-refractivity contribution in [3.8, 4) is 17.0 Å². The molecule has 1 amide bonds. The van der Waals surface area contributed by atoms with Gasteiger partial charge in [0.1, 0.15) is 5.75 Å². The molecule has 8 nitrogen and oxygen atoms in total. The lowest BCUT2D eigenvalue weighted by Gasteiger charge is -2.13. The summed E-state index contributed by atoms with van der Waals surface area (Å²) in [5.74, 6) is 0.570. The molecule has 0 aliphatic carbocycles. The van der Waals surface area contributed by atoms with E-state index in [0.717, 1.165) is 16.7 Å². The van der Waals surface area contributed by atoms with Crippen molar-refractivity contribution in [3.63, 3.8) is 0 Å². The second kappa shape index (κ2) is 9.39. The Morgan fingerprint density at radius 2 is 1.92 bits per heavy atom. The molecule has 5 rings (SSSR count). The molecule has 1 aliphatic rings. The van der Waals surface area contributed by atoms with E-state index in [1.807, 2.05) is 62.4 Å². The van der Waals surface area contributed by atoms with Crippen LogP contribution in [0.5, 0.6) is 5.75 Å². The Balaban J connectivity index is 1.61. The molecule has 0 spiro atoms. The number of carbonyl (C=O) groups excluding carboxylic acids is 1. The van der Waals surface area contributed by atoms with E-state index in [0.29, 0.717) is 46.7 Å². The lowest BCUT2D eigenvalue weighted by molar-refractivity contribution is 0.0952. The lowest BCUT2D eigenvalue weighted by atomic mass is 10.0. The highest BCUT2D eigenvalue weighted by atomic mass is 32.2. The highest BCUT2D eigenvalue weighted by Gasteiger charge is 2.32. The predicted molar refractivity (Wildman–Crippen MR) is 139 cm³/mol. The Labute approximate surface area is 210 Å². The maximum Gasteiger partial charge on any atom is 0.252 e. The van der Waals surface area contributed by atoms with Crippen LogP contribution in [0.1, 0.15) is 39.6 Å². The molecule has 9 heteroatoms. The fourth-order valence-electron chi connectivity index (χ4n) is 4.63. The van der Waals surface area contributed by atoms with Crippen LogP contribution in [0.15, 0.2) is 54.6 Å². The molecule has 186 valence electrons. The largest absolute Gasteiger partial charge is 0.497 e. The number of carbonyl (C=O) groups is 1. The number of ether oxygens (including phenoxy) is 1. The molecule has 1 atom stereocenters. The van der Waals surface area contributed by atoms with Crippen molar-refractivity contribution in [2.75, 3.05) is 18.6 Å². The number of fused-ring (bicyclic) bond motifs is 1. The number of nitrogens with one attached hydrogen (secondary N) is 1. The Kier molecular flexibility index (Phi) is 6.26. The van der Waals surface area contributed by atoms with Crippen LogP contribution >= 0.6 is 0 Å². The number of amides is 1. The number of sulfone groups is 1. The molecule has 1 fully saturated rings. The topological polar surface area (TPSA) is 103 Å². The molecule has 0 saturated carbocycles. The van der Waals surface area contributed by atoms with Crippen LogP contribution in [0.3, 0.4) is 0 Å². The van der Waals surface area contributed by atoms with Gasteiger partial charge in [-0.15, -0.1) is 0 Å². The maximum absolute atomic E-state index is 13.5. The van der Waals surface area contributed by atoms with E-state index in [1.54, 1.807) is 17.9 Å². The lowest BCUT2D eigenvalue weighted by Crippen LogP contribution is -2.23. The zero-order valence-corrected chi connectivity index (χ0v) is 21.3. The maximum atomic E-state index is 13.5. The Bertz CT molecular complexity index is 1560. The highest BCUT2D eigenvalue weighted by Crippen LogP contribution is 2.32. The average Bonchev–Trinajstić information content (AvgIpc) is 3.41. The molecule has 36 heavy (non-hydrogen) atoms. The Morgan fingerprint density at radius 1 is 1.14 bits per heavy atom. The van der Waals surface area contributed by atoms with E-state index in [9.17, 15) is 13.2 Å². The van der Waals surface area contributed by atoms with Gasteiger partial charge < -0.3 is 10.1 Å². The standard InChI is InChI=1S/C27H28N4O4S/c1-17-7-9-19(10-8-17)15-28-27(32)23-14-24(20-5-4-6-22(13-20)35-3)29-26-25(23)18(2)30-31(26)21-11-12-36(33,34)16-21/h4-10,13-14,21H,11-12,15-16H2,1-3H3,(H,28,32). The van der Waals surface area contributed by atoms with Crippen LogP contribution in [0.2, 0.25) is 0 Å². The van der Waals surface area contributed by atoms with Crippen LogP contribution in [0.25, 0.3) is 22.3 Å². The Morgan fingerprint density at radius 3 is 2.61 bits per heavy atom. The first kappa shape index (κ1) is 24.0. The van der Waals surface area contributed by atoms with Crippen LogP contribution in [-0.4, -0.2) is 47.7 Å². The summed E-state index contributed by atoms with van der Waals surface area (Å²) < 4.78 is 31.5. The van der Waals surface area contributed by atoms with E-state index < -0.39 is 9.84 Å². The first-order valence-corrected chi connectivity index (χ1v) is 13.6. The molecular weight excluding hydrogens is 476 g/mol. The van der Waals surface area contributed by atoms with Gasteiger partial charge in [0, 0.05) is 12.1 Å². The van der Waals surface area contributed by atoms with E-state index >= 15 is 0 Å². The molecule has 3 heterocycles. The number of hydrogen-bond acceptors (Lipinski definition) is 6. The molecule has 0 bridgehead atoms. The van der Waals surface area contributed by atoms with Gasteiger partial charge in [-0.2, -0.15) is 5.10 Å². The van der Waals surface area contributed by atoms with Crippen LogP contribution in [0.4, 0.5) is 0 Å². The minimum absolute atomic E-state index is 0.0171. The molecule has 1 saturated heterocycles. The molecular formula is C27H28N4O4S. The Hall–Kier alpha value is -3.72. The zero-order chi connectivity index (χ0) is 25.4. The molecule has 0 radical (unpaired) electrons. The second-order valence-electron chi connectivity index (χ2n) is 9.24. The summed E-state index contributed by atoms with van der Waals surface area (Å²) in [5, 5.41) is 8.32. The minimum atomic E-state index is -3.13. The molecule has 2 aromatic heterocycles. The number of pyridine rings is 1. The van der Waals surface area contributed by atoms with Crippen LogP contribution in [0, 0.1) is 13.8 Å². The van der Waals surface area contributed by atoms with E-state index in [2.05, 4.69) is 10.4 Å². The number of aryl methyl sites for hydroxylation is 2. The zero-order valence-electron chi connectivity index (χ0n) is 20.5. The van der Waals surface area contributed by atoms with Gasteiger partial charge in [0.15, 0.2) is 15.5 Å². The first-order chi connectivity index (χ1) is 17.2. The van der Waals surface area contributed by atoms with Crippen molar-refractivity contribution in [2.24, 2.45) is 0 Å². The van der Waals surface area contributed by atoms with Gasteiger partial charge in [-0.25, -0.2) is 18.1 Å². The van der Waals surface area contributed by atoms with Gasteiger partial charge in [-0.05, 0) is 44.0 Å². The first-order valence-electron chi connectivity index (χ1n) is 11.8. The predicted octanol–water partition coefficient (Wildman–Crippen LogP) is 4.01. The fourth-order valence-corrected chi connectivity index (χ4v) is 6.32. The van der Waals surface area contributed by atoms with Gasteiger partial charge in [-0.1, -0.05) is 42.0 Å². The second-order valence-corrected chi connectivity index (χ2v) is 11.5. The van der Waals surface area contributed by atoms with E-state index in [-0.39, 0.29) is 23.5 Å². The quantitative estimate of drug-likeness (QED) is 0.426. The SMILES string of the molecule is COc1cccc(-c2cc(C(=O)NCc3ccc(C)cc3)c3c(C)nn(C4CCS(=O)(=O)C4)c3n2)c1. The number of benzene rings is 2. The van der Waals surface area contributed by atoms with Gasteiger partial charge in [0.25, 0.3) is 5.91 Å². The fraction of sp³-hybridized carbons (Fsp3) is 0.296. The molecule has 4 aromatic rings. The normalized spacial score (nSPS) is 16.8. The summed E-state index contributed by atoms with van der Waals surface area (Å²) in [4.78, 5) is 18.4. The number of aromatic nitrogens is 3. The van der Waals surface area contributed by atoms with E-state index in [4.69, 9.17) is 9.72 Å². The molecule has 1 N–H and O–H groups in total. The summed E-state index contributed by atoms with van der Waals surface area (Å²) >= 11 is 0. The third kappa shape index (κ3) is 4.70. The van der Waals surface area contributed by atoms with Crippen LogP contribution < -0.4 is 10.1 Å². The van der Waals surface area contributed by atoms with Gasteiger partial charge in [0.05, 0.1) is 47.0 Å². The average molecular weight is 505 g/mol. The minimum Gasteiger partial charge on any atom is -0.497 e. The van der Waals surface area contributed by atoms with Crippen molar-refractivity contribution in [1.82, 2.24) is 20.1 Å². The number of nitrogens with zero attached hydrogens (tertiary/aromatic N) is 3. The number of hydrogen-bond donors (Lipinski definition) is 1. The smallest absolute Gasteiger partial charge is 0.252 e. The number of rotatable bonds is 6. The molecule has 1 aliphatic heterocycles. The summed E-state index contributed by atoms with van der Waals surface area (Å²) in [5.41, 5.74) is 5.12. The van der Waals surface area contributed by atoms with Crippen molar-refractivity contribution in [2.45, 2.75) is 32.9 Å². The highest BCUT2D eigenvalue weighted by molar-refractivity contribution is 7.91. The number of methoxy groups -OCH3 is 1. The van der Waals surface area contributed by atoms with Gasteiger partial charge in [-0.3, -0.25) is 4.79 Å². The van der Waals surface area contributed by atoms with Crippen molar-refractivity contribution in [3.05, 3.63) is 77.0 Å². The third-order valence-electron chi connectivity index (χ3n) is 6.57. The van der Waals surface area contributed by atoms with Crippen molar-refractivity contribution < 1.29 is 17.9 Å². The van der Waals surface area contributed by atoms with Crippen molar-refractivity contribution >= 4 is 26.8 Å². The summed E-state index contributed by atoms with van der Waals surface area (Å²) in [6.45, 7) is 4.23. The monoisotopic (exact) mass is 504 g/mol. The van der Waals surface area contributed by atoms with Crippen LogP contribution in [-0.2, 0) is 16.4 Å². The molecule has 2 aromatic carbocycles. The molecule has 1 unspecified atom stereocenters. The van der Waals surface area contributed by atoms with Crippen molar-refractivity contribution in [1.29, 1.82) is 0 Å².